The molecular formula is C22H20Cl2FNO3. The second-order valence-corrected chi connectivity index (χ2v) is 7.53. The van der Waals surface area contributed by atoms with E-state index in [1.165, 1.54) is 24.3 Å². The smallest absolute Gasteiger partial charge is 0.311 e. The Morgan fingerprint density at radius 2 is 1.93 bits per heavy atom. The highest BCUT2D eigenvalue weighted by Gasteiger charge is 2.26. The molecule has 0 aliphatic heterocycles. The molecule has 0 spiro atoms. The van der Waals surface area contributed by atoms with E-state index in [1.54, 1.807) is 24.3 Å². The van der Waals surface area contributed by atoms with Gasteiger partial charge in [-0.2, -0.15) is 0 Å². The second kappa shape index (κ2) is 10.8. The van der Waals surface area contributed by atoms with Gasteiger partial charge >= 0.3 is 5.97 Å². The van der Waals surface area contributed by atoms with Gasteiger partial charge in [-0.15, -0.1) is 6.42 Å². The monoisotopic (exact) mass is 435 g/mol. The molecule has 0 aliphatic rings. The number of pyridine rings is 1. The summed E-state index contributed by atoms with van der Waals surface area (Å²) in [6, 6.07) is 10.4. The van der Waals surface area contributed by atoms with Gasteiger partial charge in [-0.05, 0) is 42.7 Å². The second-order valence-electron chi connectivity index (χ2n) is 6.52. The first kappa shape index (κ1) is 22.7. The lowest BCUT2D eigenvalue weighted by atomic mass is 9.92. The number of carbonyl (C=O) groups is 1. The van der Waals surface area contributed by atoms with Gasteiger partial charge in [0.1, 0.15) is 16.1 Å². The van der Waals surface area contributed by atoms with Crippen LogP contribution in [0.2, 0.25) is 0 Å². The minimum Gasteiger partial charge on any atom is -0.442 e. The van der Waals surface area contributed by atoms with Gasteiger partial charge in [0.15, 0.2) is 0 Å². The molecule has 29 heavy (non-hydrogen) atoms. The number of rotatable bonds is 8. The molecule has 0 bridgehead atoms. The SMILES string of the molecule is C#CC(OC(=O)C(CC=C(Cl)Cl)C(C)C)c1cccc(Oc2ccc(F)cc2)n1. The Hall–Kier alpha value is -2.55. The van der Waals surface area contributed by atoms with Gasteiger partial charge in [-0.25, -0.2) is 9.37 Å². The summed E-state index contributed by atoms with van der Waals surface area (Å²) in [7, 11) is 0. The molecule has 0 radical (unpaired) electrons. The van der Waals surface area contributed by atoms with Crippen molar-refractivity contribution in [2.75, 3.05) is 0 Å². The molecule has 2 aromatic rings. The van der Waals surface area contributed by atoms with Gasteiger partial charge in [0.25, 0.3) is 0 Å². The number of ether oxygens (including phenoxy) is 2. The fourth-order valence-electron chi connectivity index (χ4n) is 2.50. The molecule has 2 atom stereocenters. The van der Waals surface area contributed by atoms with Crippen molar-refractivity contribution in [2.24, 2.45) is 11.8 Å². The normalized spacial score (nSPS) is 12.6. The average molecular weight is 436 g/mol. The Morgan fingerprint density at radius 1 is 1.24 bits per heavy atom. The van der Waals surface area contributed by atoms with Crippen LogP contribution in [-0.4, -0.2) is 11.0 Å². The van der Waals surface area contributed by atoms with Crippen LogP contribution in [0.1, 0.15) is 32.1 Å². The maximum Gasteiger partial charge on any atom is 0.311 e. The molecule has 152 valence electrons. The number of esters is 1. The van der Waals surface area contributed by atoms with Crippen LogP contribution in [0.3, 0.4) is 0 Å². The van der Waals surface area contributed by atoms with Crippen molar-refractivity contribution in [3.05, 3.63) is 64.5 Å². The van der Waals surface area contributed by atoms with Crippen LogP contribution < -0.4 is 4.74 Å². The van der Waals surface area contributed by atoms with Crippen molar-refractivity contribution in [3.8, 4) is 24.0 Å². The third-order valence-electron chi connectivity index (χ3n) is 4.07. The zero-order chi connectivity index (χ0) is 21.4. The Balaban J connectivity index is 2.14. The zero-order valence-corrected chi connectivity index (χ0v) is 17.5. The van der Waals surface area contributed by atoms with E-state index in [4.69, 9.17) is 39.1 Å². The van der Waals surface area contributed by atoms with Gasteiger partial charge < -0.3 is 9.47 Å². The maximum absolute atomic E-state index is 13.0. The Bertz CT molecular complexity index is 903. The molecule has 7 heteroatoms. The van der Waals surface area contributed by atoms with Gasteiger partial charge in [-0.3, -0.25) is 4.79 Å². The average Bonchev–Trinajstić information content (AvgIpc) is 2.67. The molecule has 0 saturated carbocycles. The number of benzene rings is 1. The van der Waals surface area contributed by atoms with Crippen LogP contribution >= 0.6 is 23.2 Å². The van der Waals surface area contributed by atoms with E-state index >= 15 is 0 Å². The van der Waals surface area contributed by atoms with Gasteiger partial charge in [0.05, 0.1) is 11.6 Å². The number of halogens is 3. The third kappa shape index (κ3) is 7.08. The van der Waals surface area contributed by atoms with Crippen molar-refractivity contribution in [2.45, 2.75) is 26.4 Å². The highest BCUT2D eigenvalue weighted by molar-refractivity contribution is 6.55. The van der Waals surface area contributed by atoms with E-state index < -0.39 is 18.0 Å². The summed E-state index contributed by atoms with van der Waals surface area (Å²) in [4.78, 5) is 16.9. The first-order valence-electron chi connectivity index (χ1n) is 8.88. The molecule has 0 amide bonds. The van der Waals surface area contributed by atoms with E-state index in [2.05, 4.69) is 10.9 Å². The summed E-state index contributed by atoms with van der Waals surface area (Å²) < 4.78 is 24.2. The van der Waals surface area contributed by atoms with Crippen molar-refractivity contribution in [1.82, 2.24) is 4.98 Å². The van der Waals surface area contributed by atoms with Crippen molar-refractivity contribution < 1.29 is 18.7 Å². The topological polar surface area (TPSA) is 48.4 Å². The predicted molar refractivity (Wildman–Crippen MR) is 111 cm³/mol. The van der Waals surface area contributed by atoms with E-state index in [9.17, 15) is 9.18 Å². The Morgan fingerprint density at radius 3 is 2.52 bits per heavy atom. The Kier molecular flexibility index (Phi) is 8.50. The van der Waals surface area contributed by atoms with Crippen molar-refractivity contribution >= 4 is 29.2 Å². The summed E-state index contributed by atoms with van der Waals surface area (Å²) >= 11 is 11.3. The van der Waals surface area contributed by atoms with Crippen LogP contribution in [-0.2, 0) is 9.53 Å². The summed E-state index contributed by atoms with van der Waals surface area (Å²) in [6.45, 7) is 3.78. The minimum atomic E-state index is -0.990. The lowest BCUT2D eigenvalue weighted by Crippen LogP contribution is -2.24. The summed E-state index contributed by atoms with van der Waals surface area (Å²) in [5, 5.41) is 0. The molecule has 1 aromatic heterocycles. The number of nitrogens with zero attached hydrogens (tertiary/aromatic N) is 1. The van der Waals surface area contributed by atoms with Crippen molar-refractivity contribution in [3.63, 3.8) is 0 Å². The van der Waals surface area contributed by atoms with Gasteiger partial charge in [0, 0.05) is 6.07 Å². The summed E-state index contributed by atoms with van der Waals surface area (Å²) in [5.74, 6) is 1.77. The van der Waals surface area contributed by atoms with E-state index in [0.29, 0.717) is 17.9 Å². The van der Waals surface area contributed by atoms with Crippen LogP contribution in [0.15, 0.2) is 53.0 Å². The van der Waals surface area contributed by atoms with Crippen LogP contribution in [0.25, 0.3) is 0 Å². The highest BCUT2D eigenvalue weighted by Crippen LogP contribution is 2.26. The minimum absolute atomic E-state index is 0.00837. The lowest BCUT2D eigenvalue weighted by molar-refractivity contribution is -0.153. The van der Waals surface area contributed by atoms with Crippen LogP contribution in [0, 0.1) is 30.0 Å². The number of hydrogen-bond acceptors (Lipinski definition) is 4. The maximum atomic E-state index is 13.0. The number of carbonyl (C=O) groups excluding carboxylic acids is 1. The third-order valence-corrected chi connectivity index (χ3v) is 4.38. The van der Waals surface area contributed by atoms with E-state index in [0.717, 1.165) is 0 Å². The molecule has 0 N–H and O–H groups in total. The molecular weight excluding hydrogens is 416 g/mol. The van der Waals surface area contributed by atoms with Crippen LogP contribution in [0.4, 0.5) is 4.39 Å². The number of hydrogen-bond donors (Lipinski definition) is 0. The van der Waals surface area contributed by atoms with E-state index in [-0.39, 0.29) is 22.1 Å². The molecule has 0 saturated heterocycles. The first-order chi connectivity index (χ1) is 13.8. The number of aromatic nitrogens is 1. The summed E-state index contributed by atoms with van der Waals surface area (Å²) in [5.41, 5.74) is 0.342. The number of terminal acetylenes is 1. The largest absolute Gasteiger partial charge is 0.442 e. The molecule has 4 nitrogen and oxygen atoms in total. The van der Waals surface area contributed by atoms with Gasteiger partial charge in [-0.1, -0.05) is 55.1 Å². The molecule has 0 fully saturated rings. The zero-order valence-electron chi connectivity index (χ0n) is 15.9. The number of allylic oxidation sites excluding steroid dienone is 1. The standard InChI is InChI=1S/C22H20Cl2FNO3/c1-4-19(29-22(27)17(14(2)3)12-13-20(23)24)18-6-5-7-21(26-18)28-16-10-8-15(25)9-11-16/h1,5-11,13-14,17,19H,12H2,2-3H3. The first-order valence-corrected chi connectivity index (χ1v) is 9.64. The molecule has 2 unspecified atom stereocenters. The predicted octanol–water partition coefficient (Wildman–Crippen LogP) is 6.21. The highest BCUT2D eigenvalue weighted by atomic mass is 35.5. The molecule has 1 aromatic carbocycles. The van der Waals surface area contributed by atoms with Gasteiger partial charge in [0.2, 0.25) is 12.0 Å². The van der Waals surface area contributed by atoms with Crippen molar-refractivity contribution in [1.29, 1.82) is 0 Å². The Labute approximate surface area is 179 Å². The molecule has 0 aliphatic carbocycles. The molecule has 1 heterocycles. The van der Waals surface area contributed by atoms with E-state index in [1.807, 2.05) is 13.8 Å². The fraction of sp³-hybridized carbons (Fsp3) is 0.273. The quantitative estimate of drug-likeness (QED) is 0.365. The lowest BCUT2D eigenvalue weighted by Gasteiger charge is -2.20. The van der Waals surface area contributed by atoms with Crippen LogP contribution in [0.5, 0.6) is 11.6 Å². The fourth-order valence-corrected chi connectivity index (χ4v) is 2.68. The molecule has 2 rings (SSSR count). The summed E-state index contributed by atoms with van der Waals surface area (Å²) in [6.07, 6.45) is 6.46.